The monoisotopic (exact) mass is 230 g/mol. The van der Waals surface area contributed by atoms with Crippen LogP contribution in [0.15, 0.2) is 24.3 Å². The van der Waals surface area contributed by atoms with E-state index in [0.29, 0.717) is 5.69 Å². The van der Waals surface area contributed by atoms with Gasteiger partial charge in [-0.1, -0.05) is 0 Å². The Labute approximate surface area is 85.9 Å². The van der Waals surface area contributed by atoms with Gasteiger partial charge in [-0.3, -0.25) is 5.43 Å². The molecule has 0 radical (unpaired) electrons. The molecule has 0 heterocycles. The minimum atomic E-state index is -0.300. The quantitative estimate of drug-likeness (QED) is 0.621. The number of benzene rings is 1. The molecule has 68 valence electrons. The SMILES string of the molecule is Cl.Fc1ccc(NN(Cl)Cl)cc1. The van der Waals surface area contributed by atoms with Crippen molar-refractivity contribution in [3.8, 4) is 0 Å². The highest BCUT2D eigenvalue weighted by Crippen LogP contribution is 2.11. The van der Waals surface area contributed by atoms with Gasteiger partial charge in [0.2, 0.25) is 0 Å². The largest absolute Gasteiger partial charge is 0.291 e. The molecule has 0 amide bonds. The molecule has 2 nitrogen and oxygen atoms in total. The molecule has 0 aliphatic rings. The van der Waals surface area contributed by atoms with E-state index in [1.807, 2.05) is 0 Å². The molecule has 0 fully saturated rings. The second kappa shape index (κ2) is 5.43. The lowest BCUT2D eigenvalue weighted by Gasteiger charge is -2.06. The molecule has 6 heteroatoms. The van der Waals surface area contributed by atoms with Crippen molar-refractivity contribution in [1.82, 2.24) is 4.05 Å². The first-order chi connectivity index (χ1) is 5.18. The van der Waals surface area contributed by atoms with Crippen LogP contribution >= 0.6 is 36.0 Å². The van der Waals surface area contributed by atoms with Gasteiger partial charge in [-0.05, 0) is 28.3 Å². The Bertz CT molecular complexity index is 227. The highest BCUT2D eigenvalue weighted by Gasteiger charge is 1.95. The predicted molar refractivity (Wildman–Crippen MR) is 50.8 cm³/mol. The van der Waals surface area contributed by atoms with Crippen LogP contribution in [0.1, 0.15) is 0 Å². The van der Waals surface area contributed by atoms with Gasteiger partial charge in [0.25, 0.3) is 0 Å². The minimum Gasteiger partial charge on any atom is -0.291 e. The fourth-order valence-corrected chi connectivity index (χ4v) is 0.817. The van der Waals surface area contributed by atoms with Crippen LogP contribution in [-0.2, 0) is 0 Å². The lowest BCUT2D eigenvalue weighted by molar-refractivity contribution is 0.628. The molecule has 0 saturated heterocycles. The molecule has 0 atom stereocenters. The first-order valence-corrected chi connectivity index (χ1v) is 3.50. The number of hydrazine groups is 1. The molecular formula is C6H6Cl3FN2. The van der Waals surface area contributed by atoms with E-state index in [1.54, 1.807) is 0 Å². The molecule has 1 aromatic rings. The second-order valence-electron chi connectivity index (χ2n) is 1.85. The topological polar surface area (TPSA) is 15.3 Å². The fourth-order valence-electron chi connectivity index (χ4n) is 0.622. The van der Waals surface area contributed by atoms with Crippen molar-refractivity contribution >= 4 is 41.6 Å². The summed E-state index contributed by atoms with van der Waals surface area (Å²) >= 11 is 10.5. The van der Waals surface area contributed by atoms with Crippen molar-refractivity contribution in [2.45, 2.75) is 0 Å². The average Bonchev–Trinajstić information content (AvgIpc) is 1.93. The number of nitrogens with zero attached hydrogens (tertiary/aromatic N) is 1. The summed E-state index contributed by atoms with van der Waals surface area (Å²) in [4.78, 5) is 0. The van der Waals surface area contributed by atoms with Gasteiger partial charge in [-0.15, -0.1) is 12.4 Å². The maximum Gasteiger partial charge on any atom is 0.123 e. The van der Waals surface area contributed by atoms with E-state index < -0.39 is 0 Å². The van der Waals surface area contributed by atoms with Crippen LogP contribution in [0.5, 0.6) is 0 Å². The van der Waals surface area contributed by atoms with Crippen molar-refractivity contribution in [3.63, 3.8) is 0 Å². The molecule has 1 N–H and O–H groups in total. The Morgan fingerprint density at radius 2 is 1.67 bits per heavy atom. The maximum absolute atomic E-state index is 12.3. The normalized spacial score (nSPS) is 9.33. The molecule has 0 saturated carbocycles. The van der Waals surface area contributed by atoms with E-state index in [-0.39, 0.29) is 18.2 Å². The number of nitrogens with one attached hydrogen (secondary N) is 1. The molecule has 0 aliphatic heterocycles. The summed E-state index contributed by atoms with van der Waals surface area (Å²) in [5, 5.41) is 0. The van der Waals surface area contributed by atoms with E-state index in [9.17, 15) is 4.39 Å². The fraction of sp³-hybridized carbons (Fsp3) is 0. The second-order valence-corrected chi connectivity index (χ2v) is 2.70. The number of hydrogen-bond donors (Lipinski definition) is 1. The van der Waals surface area contributed by atoms with E-state index in [2.05, 4.69) is 5.43 Å². The molecule has 0 aromatic heterocycles. The molecular weight excluding hydrogens is 225 g/mol. The van der Waals surface area contributed by atoms with Crippen LogP contribution in [-0.4, -0.2) is 4.05 Å². The van der Waals surface area contributed by atoms with E-state index >= 15 is 0 Å². The molecule has 0 bridgehead atoms. The van der Waals surface area contributed by atoms with E-state index in [4.69, 9.17) is 23.6 Å². The zero-order chi connectivity index (χ0) is 8.27. The summed E-state index contributed by atoms with van der Waals surface area (Å²) in [7, 11) is 0. The van der Waals surface area contributed by atoms with Gasteiger partial charge >= 0.3 is 0 Å². The number of halogens is 4. The third kappa shape index (κ3) is 3.97. The summed E-state index contributed by atoms with van der Waals surface area (Å²) in [6.45, 7) is 0. The molecule has 1 rings (SSSR count). The van der Waals surface area contributed by atoms with Crippen LogP contribution in [0.2, 0.25) is 0 Å². The van der Waals surface area contributed by atoms with Crippen molar-refractivity contribution in [2.75, 3.05) is 5.43 Å². The number of rotatable bonds is 2. The Morgan fingerprint density at radius 3 is 2.08 bits per heavy atom. The highest BCUT2D eigenvalue weighted by molar-refractivity contribution is 6.34. The summed E-state index contributed by atoms with van der Waals surface area (Å²) in [6, 6.07) is 5.65. The number of anilines is 1. The molecule has 12 heavy (non-hydrogen) atoms. The van der Waals surface area contributed by atoms with Crippen LogP contribution in [0.25, 0.3) is 0 Å². The third-order valence-electron chi connectivity index (χ3n) is 1.06. The molecule has 0 unspecified atom stereocenters. The van der Waals surface area contributed by atoms with Gasteiger partial charge in [0.15, 0.2) is 0 Å². The summed E-state index contributed by atoms with van der Waals surface area (Å²) in [6.07, 6.45) is 0. The van der Waals surface area contributed by atoms with E-state index in [1.165, 1.54) is 24.3 Å². The van der Waals surface area contributed by atoms with Gasteiger partial charge in [0.05, 0.1) is 5.69 Å². The van der Waals surface area contributed by atoms with Crippen LogP contribution < -0.4 is 5.43 Å². The van der Waals surface area contributed by atoms with Crippen LogP contribution in [0, 0.1) is 5.82 Å². The highest BCUT2D eigenvalue weighted by atomic mass is 35.5. The van der Waals surface area contributed by atoms with Crippen molar-refractivity contribution in [1.29, 1.82) is 0 Å². The van der Waals surface area contributed by atoms with Crippen molar-refractivity contribution < 1.29 is 4.39 Å². The third-order valence-corrected chi connectivity index (χ3v) is 1.23. The molecule has 0 spiro atoms. The molecule has 0 aliphatic carbocycles. The van der Waals surface area contributed by atoms with Gasteiger partial charge in [-0.25, -0.2) is 4.39 Å². The summed E-state index contributed by atoms with van der Waals surface area (Å²) < 4.78 is 13.1. The predicted octanol–water partition coefficient (Wildman–Crippen LogP) is 3.18. The van der Waals surface area contributed by atoms with Gasteiger partial charge in [0.1, 0.15) is 5.82 Å². The van der Waals surface area contributed by atoms with Crippen LogP contribution in [0.3, 0.4) is 0 Å². The zero-order valence-electron chi connectivity index (χ0n) is 5.80. The van der Waals surface area contributed by atoms with Crippen LogP contribution in [0.4, 0.5) is 10.1 Å². The smallest absolute Gasteiger partial charge is 0.123 e. The van der Waals surface area contributed by atoms with Crippen molar-refractivity contribution in [3.05, 3.63) is 30.1 Å². The Hall–Kier alpha value is -0.220. The van der Waals surface area contributed by atoms with E-state index in [0.717, 1.165) is 4.05 Å². The van der Waals surface area contributed by atoms with Crippen molar-refractivity contribution in [2.24, 2.45) is 0 Å². The maximum atomic E-state index is 12.3. The Balaban J connectivity index is 0.00000121. The Morgan fingerprint density at radius 1 is 1.17 bits per heavy atom. The zero-order valence-corrected chi connectivity index (χ0v) is 8.13. The lowest BCUT2D eigenvalue weighted by Crippen LogP contribution is -2.06. The standard InChI is InChI=1S/C6H5Cl2FN2.ClH/c7-11(8)10-6-3-1-5(9)2-4-6;/h1-4,10H;1H. The van der Waals surface area contributed by atoms with Gasteiger partial charge in [-0.2, -0.15) is 0 Å². The van der Waals surface area contributed by atoms with Gasteiger partial charge in [0, 0.05) is 23.6 Å². The van der Waals surface area contributed by atoms with Gasteiger partial charge < -0.3 is 0 Å². The summed E-state index contributed by atoms with van der Waals surface area (Å²) in [5.41, 5.74) is 3.15. The molecule has 1 aromatic carbocycles. The first kappa shape index (κ1) is 11.8. The first-order valence-electron chi connectivity index (χ1n) is 2.82. The number of hydrogen-bond acceptors (Lipinski definition) is 2. The summed E-state index contributed by atoms with van der Waals surface area (Å²) in [5.74, 6) is -0.300. The lowest BCUT2D eigenvalue weighted by atomic mass is 10.3. The average molecular weight is 231 g/mol. The minimum absolute atomic E-state index is 0. The Kier molecular flexibility index (Phi) is 5.33.